The molecule has 0 amide bonds. The van der Waals surface area contributed by atoms with E-state index in [9.17, 15) is 0 Å². The van der Waals surface area contributed by atoms with Crippen molar-refractivity contribution in [2.45, 2.75) is 13.2 Å². The van der Waals surface area contributed by atoms with E-state index in [0.717, 1.165) is 22.4 Å². The topological polar surface area (TPSA) is 45.7 Å². The van der Waals surface area contributed by atoms with Crippen molar-refractivity contribution >= 4 is 35.1 Å². The molecule has 0 aliphatic rings. The van der Waals surface area contributed by atoms with E-state index >= 15 is 0 Å². The van der Waals surface area contributed by atoms with Crippen LogP contribution in [0.3, 0.4) is 0 Å². The number of rotatable bonds is 7. The highest BCUT2D eigenvalue weighted by Gasteiger charge is 2.00. The Bertz CT molecular complexity index is 930. The molecule has 2 N–H and O–H groups in total. The Morgan fingerprint density at radius 3 is 2.43 bits per heavy atom. The number of thiocarbonyl (C=S) groups is 1. The van der Waals surface area contributed by atoms with Crippen molar-refractivity contribution in [3.8, 4) is 5.75 Å². The zero-order valence-corrected chi connectivity index (χ0v) is 16.7. The van der Waals surface area contributed by atoms with Gasteiger partial charge in [-0.1, -0.05) is 60.1 Å². The second kappa shape index (κ2) is 10.4. The molecule has 0 fully saturated rings. The number of benzene rings is 3. The van der Waals surface area contributed by atoms with E-state index in [1.807, 2.05) is 78.9 Å². The van der Waals surface area contributed by atoms with Gasteiger partial charge in [-0.3, -0.25) is 5.43 Å². The predicted molar refractivity (Wildman–Crippen MR) is 119 cm³/mol. The van der Waals surface area contributed by atoms with Crippen molar-refractivity contribution in [3.05, 3.63) is 101 Å². The Morgan fingerprint density at radius 1 is 0.964 bits per heavy atom. The molecule has 0 saturated carbocycles. The lowest BCUT2D eigenvalue weighted by molar-refractivity contribution is 0.306. The summed E-state index contributed by atoms with van der Waals surface area (Å²) < 4.78 is 5.77. The van der Waals surface area contributed by atoms with Crippen LogP contribution < -0.4 is 15.5 Å². The number of nitrogens with one attached hydrogen (secondary N) is 2. The van der Waals surface area contributed by atoms with Gasteiger partial charge in [0.25, 0.3) is 0 Å². The van der Waals surface area contributed by atoms with Crippen molar-refractivity contribution < 1.29 is 4.74 Å². The third kappa shape index (κ3) is 6.37. The number of hydrogen-bond acceptors (Lipinski definition) is 3. The summed E-state index contributed by atoms with van der Waals surface area (Å²) >= 11 is 11.3. The van der Waals surface area contributed by atoms with E-state index in [-0.39, 0.29) is 0 Å². The summed E-state index contributed by atoms with van der Waals surface area (Å²) in [5.41, 5.74) is 5.86. The molecule has 3 aromatic rings. The smallest absolute Gasteiger partial charge is 0.187 e. The molecule has 28 heavy (non-hydrogen) atoms. The molecule has 0 heterocycles. The minimum absolute atomic E-state index is 0.427. The van der Waals surface area contributed by atoms with Crippen molar-refractivity contribution in [2.24, 2.45) is 5.10 Å². The average molecular weight is 410 g/mol. The molecule has 0 unspecified atom stereocenters. The van der Waals surface area contributed by atoms with Crippen LogP contribution in [0.5, 0.6) is 5.75 Å². The van der Waals surface area contributed by atoms with Crippen LogP contribution in [0.1, 0.15) is 16.7 Å². The molecule has 0 radical (unpaired) electrons. The van der Waals surface area contributed by atoms with Crippen LogP contribution in [0.25, 0.3) is 0 Å². The minimum atomic E-state index is 0.427. The third-order valence-corrected chi connectivity index (χ3v) is 4.51. The van der Waals surface area contributed by atoms with Crippen LogP contribution in [0.4, 0.5) is 0 Å². The second-order valence-electron chi connectivity index (χ2n) is 5.99. The summed E-state index contributed by atoms with van der Waals surface area (Å²) in [5, 5.41) is 8.43. The Kier molecular flexibility index (Phi) is 7.41. The molecule has 142 valence electrons. The largest absolute Gasteiger partial charge is 0.489 e. The molecule has 0 bridgehead atoms. The van der Waals surface area contributed by atoms with Gasteiger partial charge in [0.1, 0.15) is 12.4 Å². The maximum atomic E-state index is 6.14. The fourth-order valence-corrected chi connectivity index (χ4v) is 2.72. The molecule has 0 aromatic heterocycles. The van der Waals surface area contributed by atoms with Crippen molar-refractivity contribution in [3.63, 3.8) is 0 Å². The van der Waals surface area contributed by atoms with Crippen LogP contribution in [-0.2, 0) is 13.2 Å². The molecule has 0 saturated heterocycles. The van der Waals surface area contributed by atoms with Gasteiger partial charge >= 0.3 is 0 Å². The molecular weight excluding hydrogens is 390 g/mol. The highest BCUT2D eigenvalue weighted by atomic mass is 35.5. The summed E-state index contributed by atoms with van der Waals surface area (Å²) in [4.78, 5) is 0. The maximum absolute atomic E-state index is 6.14. The van der Waals surface area contributed by atoms with Gasteiger partial charge < -0.3 is 10.1 Å². The van der Waals surface area contributed by atoms with Gasteiger partial charge in [0.15, 0.2) is 5.11 Å². The molecule has 6 heteroatoms. The zero-order valence-electron chi connectivity index (χ0n) is 15.1. The van der Waals surface area contributed by atoms with Crippen molar-refractivity contribution in [1.82, 2.24) is 10.7 Å². The van der Waals surface area contributed by atoms with Gasteiger partial charge in [0.05, 0.1) is 6.21 Å². The molecule has 4 nitrogen and oxygen atoms in total. The molecular formula is C22H20ClN3OS. The monoisotopic (exact) mass is 409 g/mol. The van der Waals surface area contributed by atoms with Gasteiger partial charge in [-0.05, 0) is 53.7 Å². The van der Waals surface area contributed by atoms with Crippen LogP contribution in [0, 0.1) is 0 Å². The summed E-state index contributed by atoms with van der Waals surface area (Å²) in [5.74, 6) is 0.769. The van der Waals surface area contributed by atoms with Crippen LogP contribution in [0.15, 0.2) is 84.0 Å². The molecule has 3 rings (SSSR count). The van der Waals surface area contributed by atoms with Gasteiger partial charge in [0, 0.05) is 17.1 Å². The lowest BCUT2D eigenvalue weighted by Gasteiger charge is -2.08. The average Bonchev–Trinajstić information content (AvgIpc) is 2.73. The third-order valence-electron chi connectivity index (χ3n) is 3.91. The number of nitrogens with zero attached hydrogens (tertiary/aromatic N) is 1. The first-order chi connectivity index (χ1) is 13.7. The van der Waals surface area contributed by atoms with Gasteiger partial charge in [-0.25, -0.2) is 0 Å². The number of hydrazone groups is 1. The standard InChI is InChI=1S/C22H20ClN3OS/c23-21-9-5-4-8-19(21)16-27-20-12-10-18(11-13-20)15-25-26-22(28)24-14-17-6-2-1-3-7-17/h1-13,15H,14,16H2,(H2,24,26,28)/b25-15+. The molecule has 3 aromatic carbocycles. The lowest BCUT2D eigenvalue weighted by Crippen LogP contribution is -2.31. The Morgan fingerprint density at radius 2 is 1.68 bits per heavy atom. The SMILES string of the molecule is S=C(NCc1ccccc1)N/N=C/c1ccc(OCc2ccccc2Cl)cc1. The first kappa shape index (κ1) is 19.9. The highest BCUT2D eigenvalue weighted by Crippen LogP contribution is 2.18. The Balaban J connectivity index is 1.43. The van der Waals surface area contributed by atoms with E-state index in [4.69, 9.17) is 28.6 Å². The van der Waals surface area contributed by atoms with E-state index in [1.165, 1.54) is 0 Å². The molecule has 0 spiro atoms. The summed E-state index contributed by atoms with van der Waals surface area (Å²) in [6.07, 6.45) is 1.70. The van der Waals surface area contributed by atoms with Crippen molar-refractivity contribution in [1.29, 1.82) is 0 Å². The maximum Gasteiger partial charge on any atom is 0.187 e. The van der Waals surface area contributed by atoms with E-state index in [1.54, 1.807) is 6.21 Å². The van der Waals surface area contributed by atoms with Crippen LogP contribution in [0.2, 0.25) is 5.02 Å². The zero-order chi connectivity index (χ0) is 19.6. The van der Waals surface area contributed by atoms with Gasteiger partial charge in [-0.2, -0.15) is 5.10 Å². The fourth-order valence-electron chi connectivity index (χ4n) is 2.41. The minimum Gasteiger partial charge on any atom is -0.489 e. The van der Waals surface area contributed by atoms with Crippen molar-refractivity contribution in [2.75, 3.05) is 0 Å². The lowest BCUT2D eigenvalue weighted by atomic mass is 10.2. The van der Waals surface area contributed by atoms with E-state index in [0.29, 0.717) is 23.3 Å². The molecule has 0 atom stereocenters. The summed E-state index contributed by atoms with van der Waals surface area (Å²) in [6, 6.07) is 25.3. The highest BCUT2D eigenvalue weighted by molar-refractivity contribution is 7.80. The van der Waals surface area contributed by atoms with Gasteiger partial charge in [-0.15, -0.1) is 0 Å². The number of halogens is 1. The Labute approximate surface area is 175 Å². The molecule has 0 aliphatic carbocycles. The van der Waals surface area contributed by atoms with E-state index in [2.05, 4.69) is 15.8 Å². The first-order valence-corrected chi connectivity index (χ1v) is 9.56. The number of hydrogen-bond donors (Lipinski definition) is 2. The number of ether oxygens (including phenoxy) is 1. The normalized spacial score (nSPS) is 10.6. The van der Waals surface area contributed by atoms with E-state index < -0.39 is 0 Å². The summed E-state index contributed by atoms with van der Waals surface area (Å²) in [6.45, 7) is 1.08. The van der Waals surface area contributed by atoms with Crippen LogP contribution in [-0.4, -0.2) is 11.3 Å². The quantitative estimate of drug-likeness (QED) is 0.330. The first-order valence-electron chi connectivity index (χ1n) is 8.78. The predicted octanol–water partition coefficient (Wildman–Crippen LogP) is 4.92. The summed E-state index contributed by atoms with van der Waals surface area (Å²) in [7, 11) is 0. The van der Waals surface area contributed by atoms with Crippen LogP contribution >= 0.6 is 23.8 Å². The fraction of sp³-hybridized carbons (Fsp3) is 0.0909. The molecule has 0 aliphatic heterocycles. The van der Waals surface area contributed by atoms with Gasteiger partial charge in [0.2, 0.25) is 0 Å². The second-order valence-corrected chi connectivity index (χ2v) is 6.80. The Hall–Kier alpha value is -2.89.